The lowest BCUT2D eigenvalue weighted by molar-refractivity contribution is -0.146. The predicted molar refractivity (Wildman–Crippen MR) is 48.9 cm³/mol. The summed E-state index contributed by atoms with van der Waals surface area (Å²) in [5.74, 6) is -0.946. The van der Waals surface area contributed by atoms with Crippen LogP contribution in [0.4, 0.5) is 0 Å². The van der Waals surface area contributed by atoms with Crippen LogP contribution in [0, 0.1) is 0 Å². The number of hydrogen-bond acceptors (Lipinski definition) is 3. The fraction of sp³-hybridized carbons (Fsp3) is 0.778. The smallest absolute Gasteiger partial charge is 0.329 e. The van der Waals surface area contributed by atoms with Crippen molar-refractivity contribution in [2.75, 3.05) is 19.7 Å². The quantitative estimate of drug-likeness (QED) is 0.703. The van der Waals surface area contributed by atoms with Gasteiger partial charge in [0.1, 0.15) is 6.61 Å². The Hall–Kier alpha value is -1.10. The molecule has 0 spiro atoms. The molecular formula is C9H15NO4. The summed E-state index contributed by atoms with van der Waals surface area (Å²) in [6.45, 7) is 2.50. The minimum Gasteiger partial charge on any atom is -0.480 e. The average Bonchev–Trinajstić information content (AvgIpc) is 2.15. The summed E-state index contributed by atoms with van der Waals surface area (Å²) in [6, 6.07) is 0. The number of ether oxygens (including phenoxy) is 1. The molecule has 1 atom stereocenters. The van der Waals surface area contributed by atoms with Crippen LogP contribution in [-0.2, 0) is 14.3 Å². The Bertz CT molecular complexity index is 229. The Morgan fingerprint density at radius 1 is 1.57 bits per heavy atom. The number of aliphatic carboxylic acids is 1. The fourth-order valence-corrected chi connectivity index (χ4v) is 1.55. The predicted octanol–water partition coefficient (Wildman–Crippen LogP) is 0.0985. The molecule has 5 heteroatoms. The van der Waals surface area contributed by atoms with Gasteiger partial charge < -0.3 is 14.7 Å². The van der Waals surface area contributed by atoms with E-state index in [9.17, 15) is 9.59 Å². The molecule has 0 aromatic rings. The highest BCUT2D eigenvalue weighted by Crippen LogP contribution is 2.12. The van der Waals surface area contributed by atoms with Gasteiger partial charge in [-0.05, 0) is 12.8 Å². The van der Waals surface area contributed by atoms with Gasteiger partial charge in [-0.1, -0.05) is 0 Å². The lowest BCUT2D eigenvalue weighted by atomic mass is 10.1. The van der Waals surface area contributed by atoms with Gasteiger partial charge in [0.2, 0.25) is 5.91 Å². The molecule has 1 fully saturated rings. The third-order valence-electron chi connectivity index (χ3n) is 2.27. The minimum absolute atomic E-state index is 0.0219. The molecule has 1 rings (SSSR count). The van der Waals surface area contributed by atoms with E-state index in [1.165, 1.54) is 6.92 Å². The van der Waals surface area contributed by atoms with Crippen molar-refractivity contribution >= 4 is 11.9 Å². The largest absolute Gasteiger partial charge is 0.480 e. The summed E-state index contributed by atoms with van der Waals surface area (Å²) in [5, 5.41) is 8.41. The Morgan fingerprint density at radius 2 is 2.29 bits per heavy atom. The first kappa shape index (κ1) is 11.0. The third kappa shape index (κ3) is 3.33. The van der Waals surface area contributed by atoms with Gasteiger partial charge in [-0.3, -0.25) is 4.79 Å². The average molecular weight is 201 g/mol. The van der Waals surface area contributed by atoms with Crippen LogP contribution >= 0.6 is 0 Å². The topological polar surface area (TPSA) is 66.8 Å². The van der Waals surface area contributed by atoms with Crippen LogP contribution in [0.5, 0.6) is 0 Å². The second-order valence-electron chi connectivity index (χ2n) is 3.43. The maximum Gasteiger partial charge on any atom is 0.329 e. The number of carboxylic acids is 1. The van der Waals surface area contributed by atoms with E-state index in [1.54, 1.807) is 4.90 Å². The fourth-order valence-electron chi connectivity index (χ4n) is 1.55. The zero-order valence-corrected chi connectivity index (χ0v) is 8.23. The van der Waals surface area contributed by atoms with Gasteiger partial charge in [-0.2, -0.15) is 0 Å². The standard InChI is InChI=1S/C9H15NO4/c1-7(11)10-4-2-3-8(5-10)14-6-9(12)13/h8H,2-6H2,1H3,(H,12,13)/t8-/m0/s1. The lowest BCUT2D eigenvalue weighted by Gasteiger charge is -2.31. The van der Waals surface area contributed by atoms with Crippen molar-refractivity contribution in [3.05, 3.63) is 0 Å². The molecule has 0 bridgehead atoms. The van der Waals surface area contributed by atoms with E-state index in [4.69, 9.17) is 9.84 Å². The molecule has 0 aromatic carbocycles. The van der Waals surface area contributed by atoms with E-state index in [0.717, 1.165) is 19.4 Å². The minimum atomic E-state index is -0.968. The molecule has 5 nitrogen and oxygen atoms in total. The van der Waals surface area contributed by atoms with Gasteiger partial charge in [0, 0.05) is 20.0 Å². The Kier molecular flexibility index (Phi) is 3.88. The summed E-state index contributed by atoms with van der Waals surface area (Å²) in [4.78, 5) is 23.0. The molecule has 1 aliphatic heterocycles. The molecule has 0 aliphatic carbocycles. The molecule has 1 N–H and O–H groups in total. The Balaban J connectivity index is 2.32. The second-order valence-corrected chi connectivity index (χ2v) is 3.43. The zero-order valence-electron chi connectivity index (χ0n) is 8.23. The van der Waals surface area contributed by atoms with Crippen molar-refractivity contribution in [1.29, 1.82) is 0 Å². The van der Waals surface area contributed by atoms with E-state index in [1.807, 2.05) is 0 Å². The summed E-state index contributed by atoms with van der Waals surface area (Å²) < 4.78 is 5.13. The van der Waals surface area contributed by atoms with Crippen LogP contribution < -0.4 is 0 Å². The van der Waals surface area contributed by atoms with Gasteiger partial charge >= 0.3 is 5.97 Å². The number of carboxylic acid groups (broad SMARTS) is 1. The van der Waals surface area contributed by atoms with Crippen molar-refractivity contribution in [1.82, 2.24) is 4.90 Å². The van der Waals surface area contributed by atoms with Crippen molar-refractivity contribution in [3.63, 3.8) is 0 Å². The van der Waals surface area contributed by atoms with Crippen molar-refractivity contribution in [3.8, 4) is 0 Å². The highest BCUT2D eigenvalue weighted by molar-refractivity contribution is 5.73. The highest BCUT2D eigenvalue weighted by Gasteiger charge is 2.22. The van der Waals surface area contributed by atoms with E-state index < -0.39 is 5.97 Å². The number of amides is 1. The second kappa shape index (κ2) is 4.95. The van der Waals surface area contributed by atoms with Gasteiger partial charge in [0.25, 0.3) is 0 Å². The molecule has 0 radical (unpaired) electrons. The molecule has 0 aromatic heterocycles. The molecular weight excluding hydrogens is 186 g/mol. The molecule has 1 aliphatic rings. The third-order valence-corrected chi connectivity index (χ3v) is 2.27. The first-order valence-corrected chi connectivity index (χ1v) is 4.68. The molecule has 1 heterocycles. The number of likely N-dealkylation sites (tertiary alicyclic amines) is 1. The summed E-state index contributed by atoms with van der Waals surface area (Å²) in [7, 11) is 0. The molecule has 0 unspecified atom stereocenters. The number of rotatable bonds is 3. The normalized spacial score (nSPS) is 22.1. The van der Waals surface area contributed by atoms with E-state index in [0.29, 0.717) is 6.54 Å². The Morgan fingerprint density at radius 3 is 2.86 bits per heavy atom. The summed E-state index contributed by atoms with van der Waals surface area (Å²) in [6.07, 6.45) is 1.59. The molecule has 14 heavy (non-hydrogen) atoms. The van der Waals surface area contributed by atoms with Gasteiger partial charge in [-0.15, -0.1) is 0 Å². The first-order chi connectivity index (χ1) is 6.59. The number of carbonyl (C=O) groups is 2. The van der Waals surface area contributed by atoms with Gasteiger partial charge in [-0.25, -0.2) is 4.79 Å². The van der Waals surface area contributed by atoms with Crippen LogP contribution in [0.1, 0.15) is 19.8 Å². The van der Waals surface area contributed by atoms with Crippen LogP contribution in [0.15, 0.2) is 0 Å². The number of carbonyl (C=O) groups excluding carboxylic acids is 1. The maximum absolute atomic E-state index is 11.0. The highest BCUT2D eigenvalue weighted by atomic mass is 16.5. The molecule has 80 valence electrons. The van der Waals surface area contributed by atoms with Crippen LogP contribution in [0.25, 0.3) is 0 Å². The number of hydrogen-bond donors (Lipinski definition) is 1. The van der Waals surface area contributed by atoms with Crippen molar-refractivity contribution in [2.45, 2.75) is 25.9 Å². The van der Waals surface area contributed by atoms with E-state index >= 15 is 0 Å². The van der Waals surface area contributed by atoms with Crippen LogP contribution in [0.2, 0.25) is 0 Å². The number of nitrogens with zero attached hydrogens (tertiary/aromatic N) is 1. The van der Waals surface area contributed by atoms with Crippen LogP contribution in [-0.4, -0.2) is 47.7 Å². The van der Waals surface area contributed by atoms with Crippen molar-refractivity contribution in [2.24, 2.45) is 0 Å². The maximum atomic E-state index is 11.0. The van der Waals surface area contributed by atoms with Gasteiger partial charge in [0.15, 0.2) is 0 Å². The SMILES string of the molecule is CC(=O)N1CCC[C@H](OCC(=O)O)C1. The zero-order chi connectivity index (χ0) is 10.6. The summed E-state index contributed by atoms with van der Waals surface area (Å²) in [5.41, 5.74) is 0. The van der Waals surface area contributed by atoms with Gasteiger partial charge in [0.05, 0.1) is 6.10 Å². The summed E-state index contributed by atoms with van der Waals surface area (Å²) >= 11 is 0. The lowest BCUT2D eigenvalue weighted by Crippen LogP contribution is -2.42. The van der Waals surface area contributed by atoms with Crippen molar-refractivity contribution < 1.29 is 19.4 Å². The Labute approximate surface area is 82.6 Å². The molecule has 1 amide bonds. The molecule has 1 saturated heterocycles. The van der Waals surface area contributed by atoms with E-state index in [-0.39, 0.29) is 18.6 Å². The molecule has 0 saturated carbocycles. The monoisotopic (exact) mass is 201 g/mol. The number of piperidine rings is 1. The van der Waals surface area contributed by atoms with E-state index in [2.05, 4.69) is 0 Å². The first-order valence-electron chi connectivity index (χ1n) is 4.68. The van der Waals surface area contributed by atoms with Crippen LogP contribution in [0.3, 0.4) is 0 Å².